The third-order valence-electron chi connectivity index (χ3n) is 2.31. The smallest absolute Gasteiger partial charge is 0.326 e. The van der Waals surface area contributed by atoms with Crippen LogP contribution in [0.25, 0.3) is 0 Å². The minimum Gasteiger partial charge on any atom is -0.480 e. The van der Waals surface area contributed by atoms with Gasteiger partial charge in [-0.1, -0.05) is 0 Å². The van der Waals surface area contributed by atoms with Crippen LogP contribution in [0.5, 0.6) is 5.75 Å². The molecule has 0 spiro atoms. The topological polar surface area (TPSA) is 68.7 Å². The summed E-state index contributed by atoms with van der Waals surface area (Å²) in [6, 6.07) is 3.40. The van der Waals surface area contributed by atoms with Gasteiger partial charge in [0.1, 0.15) is 11.1 Å². The highest BCUT2D eigenvalue weighted by Crippen LogP contribution is 2.31. The fraction of sp³-hybridized carbons (Fsp3) is 0.364. The Bertz CT molecular complexity index is 492. The van der Waals surface area contributed by atoms with Crippen molar-refractivity contribution in [1.29, 1.82) is 0 Å². The normalized spacial score (nSPS) is 13.9. The number of rotatable bonds is 3. The molecule has 0 N–H and O–H groups in total. The van der Waals surface area contributed by atoms with Crippen molar-refractivity contribution >= 4 is 33.6 Å². The Labute approximate surface area is 112 Å². The molecule has 0 bridgehead atoms. The number of anilines is 1. The van der Waals surface area contributed by atoms with Gasteiger partial charge in [0, 0.05) is 0 Å². The molecule has 2 rings (SSSR count). The van der Waals surface area contributed by atoms with Gasteiger partial charge in [-0.2, -0.15) is 0 Å². The van der Waals surface area contributed by atoms with Crippen molar-refractivity contribution in [1.82, 2.24) is 4.98 Å². The molecule has 0 radical (unpaired) electrons. The van der Waals surface area contributed by atoms with E-state index < -0.39 is 5.97 Å². The molecule has 96 valence electrons. The summed E-state index contributed by atoms with van der Waals surface area (Å²) in [4.78, 5) is 28.6. The van der Waals surface area contributed by atoms with Crippen LogP contribution in [0.2, 0.25) is 0 Å². The summed E-state index contributed by atoms with van der Waals surface area (Å²) in [5, 5.41) is 0. The van der Waals surface area contributed by atoms with Crippen LogP contribution in [0.1, 0.15) is 6.92 Å². The third kappa shape index (κ3) is 2.61. The zero-order valence-electron chi connectivity index (χ0n) is 9.68. The first-order valence-electron chi connectivity index (χ1n) is 5.37. The molecule has 0 fully saturated rings. The van der Waals surface area contributed by atoms with Gasteiger partial charge in [-0.25, -0.2) is 4.98 Å². The lowest BCUT2D eigenvalue weighted by atomic mass is 10.3. The first kappa shape index (κ1) is 12.8. The predicted molar refractivity (Wildman–Crippen MR) is 66.4 cm³/mol. The average molecular weight is 315 g/mol. The van der Waals surface area contributed by atoms with Crippen LogP contribution in [0.4, 0.5) is 5.82 Å². The Balaban J connectivity index is 2.27. The van der Waals surface area contributed by atoms with E-state index in [9.17, 15) is 9.59 Å². The molecule has 0 unspecified atom stereocenters. The van der Waals surface area contributed by atoms with E-state index in [-0.39, 0.29) is 25.7 Å². The van der Waals surface area contributed by atoms with Gasteiger partial charge in [-0.05, 0) is 35.0 Å². The van der Waals surface area contributed by atoms with Gasteiger partial charge < -0.3 is 9.47 Å². The molecular weight excluding hydrogens is 304 g/mol. The van der Waals surface area contributed by atoms with E-state index in [2.05, 4.69) is 20.9 Å². The predicted octanol–water partition coefficient (Wildman–Crippen LogP) is 1.13. The molecule has 2 heterocycles. The molecule has 1 amide bonds. The molecule has 1 aliphatic heterocycles. The van der Waals surface area contributed by atoms with Crippen LogP contribution in [0.15, 0.2) is 16.7 Å². The Kier molecular flexibility index (Phi) is 3.81. The summed E-state index contributed by atoms with van der Waals surface area (Å²) >= 11 is 3.21. The number of carbonyl (C=O) groups excluding carboxylic acids is 2. The average Bonchev–Trinajstić information content (AvgIpc) is 2.33. The second kappa shape index (κ2) is 5.34. The molecule has 0 aromatic carbocycles. The number of pyridine rings is 1. The zero-order chi connectivity index (χ0) is 13.1. The fourth-order valence-corrected chi connectivity index (χ4v) is 1.85. The van der Waals surface area contributed by atoms with Crippen molar-refractivity contribution < 1.29 is 19.1 Å². The second-order valence-electron chi connectivity index (χ2n) is 3.53. The molecule has 0 saturated carbocycles. The Morgan fingerprint density at radius 2 is 2.39 bits per heavy atom. The minimum absolute atomic E-state index is 0.101. The molecule has 6 nitrogen and oxygen atoms in total. The van der Waals surface area contributed by atoms with Crippen molar-refractivity contribution in [2.75, 3.05) is 24.7 Å². The van der Waals surface area contributed by atoms with E-state index in [1.165, 1.54) is 4.90 Å². The number of hydrogen-bond donors (Lipinski definition) is 0. The summed E-state index contributed by atoms with van der Waals surface area (Å²) in [5.41, 5.74) is 0. The molecule has 0 aliphatic carbocycles. The van der Waals surface area contributed by atoms with Crippen LogP contribution in [0.3, 0.4) is 0 Å². The molecule has 0 saturated heterocycles. The lowest BCUT2D eigenvalue weighted by molar-refractivity contribution is -0.142. The molecule has 18 heavy (non-hydrogen) atoms. The number of amides is 1. The Morgan fingerprint density at radius 1 is 1.61 bits per heavy atom. The quantitative estimate of drug-likeness (QED) is 0.618. The maximum Gasteiger partial charge on any atom is 0.326 e. The molecule has 1 aromatic rings. The highest BCUT2D eigenvalue weighted by molar-refractivity contribution is 9.10. The van der Waals surface area contributed by atoms with Crippen molar-refractivity contribution in [3.8, 4) is 5.75 Å². The van der Waals surface area contributed by atoms with Gasteiger partial charge in [0.15, 0.2) is 18.2 Å². The third-order valence-corrected chi connectivity index (χ3v) is 2.75. The lowest BCUT2D eigenvalue weighted by Gasteiger charge is -2.27. The fourth-order valence-electron chi connectivity index (χ4n) is 1.55. The number of ether oxygens (including phenoxy) is 2. The van der Waals surface area contributed by atoms with E-state index in [1.54, 1.807) is 19.1 Å². The number of hydrogen-bond acceptors (Lipinski definition) is 5. The maximum absolute atomic E-state index is 11.7. The monoisotopic (exact) mass is 314 g/mol. The van der Waals surface area contributed by atoms with E-state index in [0.29, 0.717) is 16.2 Å². The number of halogens is 1. The molecular formula is C11H11BrN2O4. The second-order valence-corrected chi connectivity index (χ2v) is 4.34. The highest BCUT2D eigenvalue weighted by Gasteiger charge is 2.29. The van der Waals surface area contributed by atoms with Crippen molar-refractivity contribution in [3.05, 3.63) is 16.7 Å². The molecule has 7 heteroatoms. The van der Waals surface area contributed by atoms with Gasteiger partial charge in [-0.3, -0.25) is 14.5 Å². The minimum atomic E-state index is -0.472. The summed E-state index contributed by atoms with van der Waals surface area (Å²) in [6.07, 6.45) is 0. The van der Waals surface area contributed by atoms with Crippen molar-refractivity contribution in [2.45, 2.75) is 6.92 Å². The summed E-state index contributed by atoms with van der Waals surface area (Å²) in [6.45, 7) is 1.72. The SMILES string of the molecule is CCOC(=O)CN1C(=O)COc2ccc(Br)nc21. The standard InChI is InChI=1S/C11H11BrN2O4/c1-2-17-10(16)5-14-9(15)6-18-7-3-4-8(12)13-11(7)14/h3-4H,2,5-6H2,1H3. The van der Waals surface area contributed by atoms with E-state index in [1.807, 2.05) is 0 Å². The lowest BCUT2D eigenvalue weighted by Crippen LogP contribution is -2.43. The first-order chi connectivity index (χ1) is 8.61. The van der Waals surface area contributed by atoms with Gasteiger partial charge in [0.05, 0.1) is 6.61 Å². The summed E-state index contributed by atoms with van der Waals surface area (Å²) in [7, 11) is 0. The molecule has 1 aliphatic rings. The van der Waals surface area contributed by atoms with Crippen molar-refractivity contribution in [3.63, 3.8) is 0 Å². The number of fused-ring (bicyclic) bond motifs is 1. The summed E-state index contributed by atoms with van der Waals surface area (Å²) < 4.78 is 10.6. The number of esters is 1. The largest absolute Gasteiger partial charge is 0.480 e. The van der Waals surface area contributed by atoms with Gasteiger partial charge in [-0.15, -0.1) is 0 Å². The van der Waals surface area contributed by atoms with Crippen molar-refractivity contribution in [2.24, 2.45) is 0 Å². The first-order valence-corrected chi connectivity index (χ1v) is 6.16. The Morgan fingerprint density at radius 3 is 3.11 bits per heavy atom. The van der Waals surface area contributed by atoms with Gasteiger partial charge >= 0.3 is 5.97 Å². The van der Waals surface area contributed by atoms with Crippen LogP contribution in [-0.2, 0) is 14.3 Å². The number of nitrogens with zero attached hydrogens (tertiary/aromatic N) is 2. The Hall–Kier alpha value is -1.63. The maximum atomic E-state index is 11.7. The van der Waals surface area contributed by atoms with Crippen LogP contribution < -0.4 is 9.64 Å². The van der Waals surface area contributed by atoms with Crippen LogP contribution in [-0.4, -0.2) is 36.6 Å². The van der Waals surface area contributed by atoms with E-state index in [4.69, 9.17) is 9.47 Å². The van der Waals surface area contributed by atoms with E-state index in [0.717, 1.165) is 0 Å². The highest BCUT2D eigenvalue weighted by atomic mass is 79.9. The molecule has 1 aromatic heterocycles. The molecule has 0 atom stereocenters. The van der Waals surface area contributed by atoms with Crippen LogP contribution in [0, 0.1) is 0 Å². The zero-order valence-corrected chi connectivity index (χ0v) is 11.3. The van der Waals surface area contributed by atoms with E-state index >= 15 is 0 Å². The number of aromatic nitrogens is 1. The number of carbonyl (C=O) groups is 2. The van der Waals surface area contributed by atoms with Gasteiger partial charge in [0.2, 0.25) is 0 Å². The summed E-state index contributed by atoms with van der Waals surface area (Å²) in [5.74, 6) is 0.0115. The van der Waals surface area contributed by atoms with Gasteiger partial charge in [0.25, 0.3) is 5.91 Å². The van der Waals surface area contributed by atoms with Crippen LogP contribution >= 0.6 is 15.9 Å².